The monoisotopic (exact) mass is 1960 g/mol. The van der Waals surface area contributed by atoms with E-state index < -0.39 is 16.9 Å². The minimum Gasteiger partial charge on any atom is -0.444 e. The van der Waals surface area contributed by atoms with Crippen LogP contribution >= 0.6 is 0 Å². The van der Waals surface area contributed by atoms with Crippen LogP contribution < -0.4 is 5.32 Å². The van der Waals surface area contributed by atoms with E-state index in [0.717, 1.165) is 267 Å². The normalized spacial score (nSPS) is 33.8. The van der Waals surface area contributed by atoms with Gasteiger partial charge in [0.1, 0.15) is 16.9 Å². The number of amides is 10. The zero-order valence-corrected chi connectivity index (χ0v) is 92.3. The van der Waals surface area contributed by atoms with E-state index in [1.807, 2.05) is 65.2 Å². The summed E-state index contributed by atoms with van der Waals surface area (Å²) in [6.45, 7) is 54.5. The predicted octanol–water partition coefficient (Wildman–Crippen LogP) is 21.0. The second kappa shape index (κ2) is 55.8. The van der Waals surface area contributed by atoms with E-state index in [0.29, 0.717) is 130 Å². The minimum atomic E-state index is -1.13. The first-order chi connectivity index (χ1) is 66.3. The van der Waals surface area contributed by atoms with Crippen molar-refractivity contribution in [1.82, 2.24) is 59.2 Å². The van der Waals surface area contributed by atoms with Crippen LogP contribution in [0.15, 0.2) is 0 Å². The Kier molecular flexibility index (Phi) is 46.3. The first kappa shape index (κ1) is 116. The molecule has 8 heterocycles. The van der Waals surface area contributed by atoms with E-state index >= 15 is 0 Å². The fourth-order valence-electron chi connectivity index (χ4n) is 25.4. The minimum absolute atomic E-state index is 0.00469. The van der Waals surface area contributed by atoms with Crippen LogP contribution in [0.1, 0.15) is 395 Å². The smallest absolute Gasteiger partial charge is 0.410 e. The Hall–Kier alpha value is -5.85. The molecule has 8 saturated heterocycles. The van der Waals surface area contributed by atoms with Crippen LogP contribution in [0.25, 0.3) is 0 Å². The number of nitrogens with zero attached hydrogens (tertiary/aromatic N) is 11. The molecule has 6 atom stereocenters. The van der Waals surface area contributed by atoms with Crippen LogP contribution in [0, 0.1) is 101 Å². The molecule has 0 unspecified atom stereocenters. The van der Waals surface area contributed by atoms with Crippen LogP contribution in [-0.2, 0) is 47.8 Å². The zero-order chi connectivity index (χ0) is 102. The molecule has 2 bridgehead atoms. The van der Waals surface area contributed by atoms with E-state index in [1.165, 1.54) is 122 Å². The highest BCUT2D eigenvalue weighted by atomic mass is 19.1. The summed E-state index contributed by atoms with van der Waals surface area (Å²) in [7, 11) is 2.13. The molecule has 1 N–H and O–H groups in total. The number of hydrogen-bond acceptors (Lipinski definition) is 14. The van der Waals surface area contributed by atoms with Gasteiger partial charge < -0.3 is 68.7 Å². The van der Waals surface area contributed by atoms with Crippen molar-refractivity contribution in [2.45, 2.75) is 442 Å². The van der Waals surface area contributed by atoms with E-state index in [1.54, 1.807) is 21.6 Å². The standard InChI is InChI=1S/2C18H32N2O3.C14H23NO.C14H25NO.2C13H24N2O.C13H23NO.C12H20FNO/c1-13-6-8-15(9-7-13)16(21)20-11-10-19(12-14(20)2)17(22)23-18(3,4)5;1-13-6-8-15(9-7-13)16(21)19-10-11-20(14(2)12-19)17(22)23-18(3,4)5;1-10-2-5-12(6-3-10)14(16)15-9-11-4-7-13(15)8-11;1-11-6-8-13(9-7-11)14(16)15-10-4-3-5-12(15)2;1-11-3-5-12(6-4-11)13(16)15-9-7-14(2)8-10-15;1-10-3-5-12(6-4-10)13(16)15-8-7-14-11(2)9-15;1-11-5-7-12(8-6-11)13(15)14-9-3-2-4-10-14;1-9-3-5-10(6-4-9)11(15)14-7-12(2,13)8-14/h2*13-15H,6-12H2,1-5H3;10-13H,2-9H2,1H3;11-13H,3-10H2,1-2H3;11-12H,3-10H2,1-2H3;10-12,14H,3-9H2,1-2H3;11-12H,2-10H2,1H3;9-10H,3-8H2,1-2H3/t2*13?,14-,15?;10?,11-,12?,13+;11?,12-,13?;;10?,11-,12?;;/m1001.0../s1. The third-order valence-electron chi connectivity index (χ3n) is 35.3. The van der Waals surface area contributed by atoms with E-state index in [4.69, 9.17) is 9.47 Å². The third-order valence-corrected chi connectivity index (χ3v) is 35.3. The lowest BCUT2D eigenvalue weighted by Crippen LogP contribution is -2.60. The Morgan fingerprint density at radius 1 is 0.279 bits per heavy atom. The van der Waals surface area contributed by atoms with Gasteiger partial charge in [-0.3, -0.25) is 38.4 Å². The molecular weight excluding hydrogens is 1760 g/mol. The Morgan fingerprint density at radius 3 is 0.929 bits per heavy atom. The van der Waals surface area contributed by atoms with Crippen LogP contribution in [0.2, 0.25) is 0 Å². The number of fused-ring (bicyclic) bond motifs is 2. The molecular formula is C115H203FN12O12. The molecule has 0 spiro atoms. The SMILES string of the molecule is CC1CCC(C(=O)N2CC(C)(F)C2)CC1.CC1CCC(C(=O)N2CCCCC2)CC1.CC1CCC(C(=O)N2CCCC[C@H]2C)CC1.CC1CCC(C(=O)N2CCN(C(=O)OC(C)(C)C)C[C@H]2C)CC1.CC1CCC(C(=O)N2CCN(C(=O)OC(C)(C)C)[C@@H](C)C2)CC1.CC1CCC(C(=O)N2CCN(C)CC2)CC1.CC1CCC(C(=O)N2CCN[C@@H](C)C2)CC1.CC1CCC(C(=O)N2C[C@H]3CC[C@@H]2C3)CC1. The van der Waals surface area contributed by atoms with Crippen molar-refractivity contribution in [3.63, 3.8) is 0 Å². The molecule has 8 aliphatic heterocycles. The fourth-order valence-corrected chi connectivity index (χ4v) is 25.4. The molecule has 25 heteroatoms. The lowest BCUT2D eigenvalue weighted by molar-refractivity contribution is -0.150. The second-order valence-corrected chi connectivity index (χ2v) is 50.7. The van der Waals surface area contributed by atoms with Crippen molar-refractivity contribution in [2.75, 3.05) is 131 Å². The number of nitrogens with one attached hydrogen (secondary N) is 1. The predicted molar refractivity (Wildman–Crippen MR) is 559 cm³/mol. The lowest BCUT2D eigenvalue weighted by atomic mass is 9.81. The molecule has 140 heavy (non-hydrogen) atoms. The third kappa shape index (κ3) is 36.9. The second-order valence-electron chi connectivity index (χ2n) is 50.7. The maximum absolute atomic E-state index is 13.3. The van der Waals surface area contributed by atoms with Gasteiger partial charge >= 0.3 is 12.2 Å². The van der Waals surface area contributed by atoms with Crippen molar-refractivity contribution in [2.24, 2.45) is 101 Å². The van der Waals surface area contributed by atoms with Gasteiger partial charge in [-0.2, -0.15) is 0 Å². The molecule has 0 aromatic rings. The first-order valence-corrected chi connectivity index (χ1v) is 57.8. The van der Waals surface area contributed by atoms with Crippen LogP contribution in [0.3, 0.4) is 0 Å². The summed E-state index contributed by atoms with van der Waals surface area (Å²) in [5, 5.41) is 3.38. The molecule has 9 aliphatic carbocycles. The van der Waals surface area contributed by atoms with Crippen molar-refractivity contribution < 1.29 is 61.8 Å². The van der Waals surface area contributed by atoms with Gasteiger partial charge in [0.2, 0.25) is 47.3 Å². The molecule has 17 fully saturated rings. The quantitative estimate of drug-likeness (QED) is 0.238. The zero-order valence-electron chi connectivity index (χ0n) is 92.3. The average Bonchev–Trinajstić information content (AvgIpc) is 1.58. The van der Waals surface area contributed by atoms with Gasteiger partial charge in [0.05, 0.1) is 13.1 Å². The average molecular weight is 1960 g/mol. The van der Waals surface area contributed by atoms with Crippen LogP contribution in [0.4, 0.5) is 14.0 Å². The number of halogens is 1. The number of alkyl halides is 1. The van der Waals surface area contributed by atoms with E-state index in [-0.39, 0.29) is 59.7 Å². The summed E-state index contributed by atoms with van der Waals surface area (Å²) in [5.74, 6) is 12.6. The number of piperazine rings is 4. The molecule has 0 aromatic carbocycles. The van der Waals surface area contributed by atoms with Gasteiger partial charge in [-0.15, -0.1) is 0 Å². The maximum Gasteiger partial charge on any atom is 0.410 e. The summed E-state index contributed by atoms with van der Waals surface area (Å²) >= 11 is 0. The van der Waals surface area contributed by atoms with Crippen LogP contribution in [-0.4, -0.2) is 292 Å². The molecule has 0 radical (unpaired) electrons. The summed E-state index contributed by atoms with van der Waals surface area (Å²) in [5.41, 5.74) is -2.09. The van der Waals surface area contributed by atoms with E-state index in [2.05, 4.69) is 111 Å². The van der Waals surface area contributed by atoms with E-state index in [9.17, 15) is 52.3 Å². The lowest BCUT2D eigenvalue weighted by Gasteiger charge is -2.44. The number of carbonyl (C=O) groups excluding carboxylic acids is 10. The van der Waals surface area contributed by atoms with Gasteiger partial charge in [0.25, 0.3) is 0 Å². The Bertz CT molecular complexity index is 3720. The number of rotatable bonds is 8. The van der Waals surface area contributed by atoms with Gasteiger partial charge in [-0.25, -0.2) is 14.0 Å². The summed E-state index contributed by atoms with van der Waals surface area (Å²) < 4.78 is 24.1. The number of carbonyl (C=O) groups is 10. The highest BCUT2D eigenvalue weighted by molar-refractivity contribution is 5.83. The van der Waals surface area contributed by atoms with Gasteiger partial charge in [0, 0.05) is 189 Å². The molecule has 9 saturated carbocycles. The van der Waals surface area contributed by atoms with Crippen molar-refractivity contribution in [3.8, 4) is 0 Å². The Labute approximate surface area is 849 Å². The number of ether oxygens (including phenoxy) is 2. The number of hydrogen-bond donors (Lipinski definition) is 1. The highest BCUT2D eigenvalue weighted by Crippen LogP contribution is 2.43. The molecule has 0 aromatic heterocycles. The molecule has 17 aliphatic rings. The fraction of sp³-hybridized carbons (Fsp3) is 0.913. The first-order valence-electron chi connectivity index (χ1n) is 57.8. The van der Waals surface area contributed by atoms with Crippen molar-refractivity contribution >= 4 is 59.4 Å². The summed E-state index contributed by atoms with van der Waals surface area (Å²) in [4.78, 5) is 145. The topological polar surface area (TPSA) is 237 Å². The highest BCUT2D eigenvalue weighted by Gasteiger charge is 2.47. The Morgan fingerprint density at radius 2 is 0.586 bits per heavy atom. The van der Waals surface area contributed by atoms with Crippen molar-refractivity contribution in [3.05, 3.63) is 0 Å². The van der Waals surface area contributed by atoms with Crippen molar-refractivity contribution in [1.29, 1.82) is 0 Å². The Balaban J connectivity index is 0.000000166. The molecule has 10 amide bonds. The van der Waals surface area contributed by atoms with Gasteiger partial charge in [0.15, 0.2) is 0 Å². The maximum atomic E-state index is 13.3. The van der Waals surface area contributed by atoms with Crippen LogP contribution in [0.5, 0.6) is 0 Å². The molecule has 17 rings (SSSR count). The molecule has 802 valence electrons. The molecule has 24 nitrogen and oxygen atoms in total. The number of likely N-dealkylation sites (tertiary alicyclic amines) is 4. The van der Waals surface area contributed by atoms with Gasteiger partial charge in [-0.05, 0) is 400 Å². The summed E-state index contributed by atoms with van der Waals surface area (Å²) in [6, 6.07) is 1.63. The van der Waals surface area contributed by atoms with Gasteiger partial charge in [-0.1, -0.05) is 55.4 Å². The summed E-state index contributed by atoms with van der Waals surface area (Å²) in [6.07, 6.45) is 47.6. The number of piperidine rings is 3. The largest absolute Gasteiger partial charge is 0.444 e. The number of likely N-dealkylation sites (N-methyl/N-ethyl adjacent to an activating group) is 1.